The van der Waals surface area contributed by atoms with Gasteiger partial charge in [0.15, 0.2) is 0 Å². The minimum atomic E-state index is 0.623. The van der Waals surface area contributed by atoms with E-state index in [4.69, 9.17) is 23.2 Å². The van der Waals surface area contributed by atoms with E-state index < -0.39 is 0 Å². The molecule has 0 aliphatic carbocycles. The Kier molecular flexibility index (Phi) is 4.18. The minimum absolute atomic E-state index is 0.623. The van der Waals surface area contributed by atoms with Crippen LogP contribution >= 0.6 is 23.2 Å². The topological polar surface area (TPSA) is 37.8 Å². The fraction of sp³-hybridized carbons (Fsp3) is 0.167. The number of nitrogens with one attached hydrogen (secondary N) is 1. The number of hydrogen-bond acceptors (Lipinski definition) is 3. The average Bonchev–Trinajstić information content (AvgIpc) is 2.33. The number of nitrogens with zero attached hydrogens (tertiary/aromatic N) is 2. The van der Waals surface area contributed by atoms with E-state index in [2.05, 4.69) is 15.3 Å². The Hall–Kier alpha value is -1.32. The molecule has 0 unspecified atom stereocenters. The van der Waals surface area contributed by atoms with Crippen LogP contribution < -0.4 is 5.32 Å². The van der Waals surface area contributed by atoms with Crippen LogP contribution in [0.15, 0.2) is 36.7 Å². The van der Waals surface area contributed by atoms with Gasteiger partial charge in [-0.15, -0.1) is 0 Å². The second-order valence-electron chi connectivity index (χ2n) is 3.48. The first-order chi connectivity index (χ1) is 8.25. The van der Waals surface area contributed by atoms with Crippen molar-refractivity contribution in [2.75, 3.05) is 11.9 Å². The van der Waals surface area contributed by atoms with Crippen molar-refractivity contribution in [1.29, 1.82) is 0 Å². The molecule has 0 spiro atoms. The highest BCUT2D eigenvalue weighted by molar-refractivity contribution is 6.35. The molecular formula is C12H11Cl2N3. The largest absolute Gasteiger partial charge is 0.354 e. The van der Waals surface area contributed by atoms with E-state index in [0.29, 0.717) is 16.0 Å². The molecule has 0 amide bonds. The smallest absolute Gasteiger partial charge is 0.222 e. The number of halogens is 2. The lowest BCUT2D eigenvalue weighted by Crippen LogP contribution is -2.07. The second kappa shape index (κ2) is 5.84. The summed E-state index contributed by atoms with van der Waals surface area (Å²) >= 11 is 11.9. The summed E-state index contributed by atoms with van der Waals surface area (Å²) in [6.07, 6.45) is 4.20. The van der Waals surface area contributed by atoms with Crippen molar-refractivity contribution in [3.63, 3.8) is 0 Å². The lowest BCUT2D eigenvalue weighted by molar-refractivity contribution is 0.984. The molecule has 1 N–H and O–H groups in total. The molecule has 0 saturated heterocycles. The fourth-order valence-electron chi connectivity index (χ4n) is 1.42. The normalized spacial score (nSPS) is 10.2. The number of aromatic nitrogens is 2. The fourth-order valence-corrected chi connectivity index (χ4v) is 1.93. The lowest BCUT2D eigenvalue weighted by atomic mass is 10.1. The highest BCUT2D eigenvalue weighted by atomic mass is 35.5. The van der Waals surface area contributed by atoms with Gasteiger partial charge in [-0.05, 0) is 30.2 Å². The molecule has 1 heterocycles. The summed E-state index contributed by atoms with van der Waals surface area (Å²) in [5, 5.41) is 4.46. The average molecular weight is 268 g/mol. The summed E-state index contributed by atoms with van der Waals surface area (Å²) in [5.41, 5.74) is 1.06. The van der Waals surface area contributed by atoms with E-state index in [9.17, 15) is 0 Å². The summed E-state index contributed by atoms with van der Waals surface area (Å²) in [6.45, 7) is 0.728. The van der Waals surface area contributed by atoms with Gasteiger partial charge in [0.2, 0.25) is 5.95 Å². The number of anilines is 1. The van der Waals surface area contributed by atoms with Gasteiger partial charge in [-0.1, -0.05) is 29.3 Å². The van der Waals surface area contributed by atoms with Crippen LogP contribution in [0.2, 0.25) is 10.0 Å². The van der Waals surface area contributed by atoms with Crippen molar-refractivity contribution in [1.82, 2.24) is 9.97 Å². The molecule has 2 rings (SSSR count). The Bertz CT molecular complexity index is 488. The van der Waals surface area contributed by atoms with Crippen molar-refractivity contribution < 1.29 is 0 Å². The van der Waals surface area contributed by atoms with Gasteiger partial charge in [0.05, 0.1) is 0 Å². The van der Waals surface area contributed by atoms with Crippen molar-refractivity contribution in [2.45, 2.75) is 6.42 Å². The molecule has 0 bridgehead atoms. The maximum atomic E-state index is 6.07. The first-order valence-electron chi connectivity index (χ1n) is 5.20. The molecule has 0 aliphatic heterocycles. The molecule has 0 radical (unpaired) electrons. The van der Waals surface area contributed by atoms with E-state index in [-0.39, 0.29) is 0 Å². The van der Waals surface area contributed by atoms with E-state index in [1.807, 2.05) is 12.1 Å². The first-order valence-corrected chi connectivity index (χ1v) is 5.96. The third-order valence-corrected chi connectivity index (χ3v) is 2.85. The molecule has 3 nitrogen and oxygen atoms in total. The van der Waals surface area contributed by atoms with Crippen molar-refractivity contribution >= 4 is 29.2 Å². The van der Waals surface area contributed by atoms with E-state index in [1.165, 1.54) is 0 Å². The molecule has 0 aliphatic rings. The Balaban J connectivity index is 1.90. The molecule has 17 heavy (non-hydrogen) atoms. The van der Waals surface area contributed by atoms with Crippen LogP contribution in [0.5, 0.6) is 0 Å². The zero-order chi connectivity index (χ0) is 12.1. The molecule has 2 aromatic rings. The third-order valence-electron chi connectivity index (χ3n) is 2.26. The van der Waals surface area contributed by atoms with E-state index in [0.717, 1.165) is 18.5 Å². The van der Waals surface area contributed by atoms with Gasteiger partial charge in [-0.3, -0.25) is 0 Å². The number of benzene rings is 1. The van der Waals surface area contributed by atoms with Crippen molar-refractivity contribution in [2.24, 2.45) is 0 Å². The highest BCUT2D eigenvalue weighted by Crippen LogP contribution is 2.21. The number of rotatable bonds is 4. The van der Waals surface area contributed by atoms with Crippen molar-refractivity contribution in [3.8, 4) is 0 Å². The van der Waals surface area contributed by atoms with Gasteiger partial charge in [-0.2, -0.15) is 0 Å². The van der Waals surface area contributed by atoms with Crippen LogP contribution in [0.3, 0.4) is 0 Å². The Morgan fingerprint density at radius 3 is 2.59 bits per heavy atom. The molecule has 88 valence electrons. The maximum Gasteiger partial charge on any atom is 0.222 e. The summed E-state index contributed by atoms with van der Waals surface area (Å²) in [4.78, 5) is 8.14. The molecule has 0 atom stereocenters. The summed E-state index contributed by atoms with van der Waals surface area (Å²) in [5.74, 6) is 0.623. The summed E-state index contributed by atoms with van der Waals surface area (Å²) in [7, 11) is 0. The zero-order valence-electron chi connectivity index (χ0n) is 9.03. The monoisotopic (exact) mass is 267 g/mol. The summed E-state index contributed by atoms with van der Waals surface area (Å²) in [6, 6.07) is 7.29. The quantitative estimate of drug-likeness (QED) is 0.923. The highest BCUT2D eigenvalue weighted by Gasteiger charge is 2.01. The second-order valence-corrected chi connectivity index (χ2v) is 4.33. The van der Waals surface area contributed by atoms with Crippen LogP contribution in [0.1, 0.15) is 5.56 Å². The lowest BCUT2D eigenvalue weighted by Gasteiger charge is -2.06. The van der Waals surface area contributed by atoms with Gasteiger partial charge < -0.3 is 5.32 Å². The Morgan fingerprint density at radius 1 is 1.12 bits per heavy atom. The van der Waals surface area contributed by atoms with Crippen LogP contribution in [0.4, 0.5) is 5.95 Å². The van der Waals surface area contributed by atoms with Gasteiger partial charge in [0, 0.05) is 29.0 Å². The Morgan fingerprint density at radius 2 is 1.88 bits per heavy atom. The molecule has 1 aromatic heterocycles. The van der Waals surface area contributed by atoms with E-state index in [1.54, 1.807) is 24.5 Å². The molecule has 0 saturated carbocycles. The number of hydrogen-bond donors (Lipinski definition) is 1. The maximum absolute atomic E-state index is 6.07. The van der Waals surface area contributed by atoms with Gasteiger partial charge in [-0.25, -0.2) is 9.97 Å². The van der Waals surface area contributed by atoms with Crippen LogP contribution in [0.25, 0.3) is 0 Å². The predicted octanol–water partition coefficient (Wildman–Crippen LogP) is 3.44. The van der Waals surface area contributed by atoms with Gasteiger partial charge >= 0.3 is 0 Å². The van der Waals surface area contributed by atoms with Gasteiger partial charge in [0.25, 0.3) is 0 Å². The van der Waals surface area contributed by atoms with Crippen LogP contribution in [-0.2, 0) is 6.42 Å². The zero-order valence-corrected chi connectivity index (χ0v) is 10.5. The van der Waals surface area contributed by atoms with Gasteiger partial charge in [0.1, 0.15) is 0 Å². The first kappa shape index (κ1) is 12.1. The molecule has 5 heteroatoms. The third kappa shape index (κ3) is 3.58. The standard InChI is InChI=1S/C12H11Cl2N3/c13-10-3-2-9(11(14)8-10)4-7-17-12-15-5-1-6-16-12/h1-3,5-6,8H,4,7H2,(H,15,16,17). The molecule has 0 fully saturated rings. The summed E-state index contributed by atoms with van der Waals surface area (Å²) < 4.78 is 0. The molecule has 1 aromatic carbocycles. The minimum Gasteiger partial charge on any atom is -0.354 e. The van der Waals surface area contributed by atoms with Crippen LogP contribution in [0, 0.1) is 0 Å². The van der Waals surface area contributed by atoms with E-state index >= 15 is 0 Å². The SMILES string of the molecule is Clc1ccc(CCNc2ncccn2)c(Cl)c1. The molecular weight excluding hydrogens is 257 g/mol. The Labute approximate surface area is 110 Å². The predicted molar refractivity (Wildman–Crippen MR) is 70.7 cm³/mol. The van der Waals surface area contributed by atoms with Crippen molar-refractivity contribution in [3.05, 3.63) is 52.3 Å². The van der Waals surface area contributed by atoms with Crippen LogP contribution in [-0.4, -0.2) is 16.5 Å².